The average molecular weight is 264 g/mol. The van der Waals surface area contributed by atoms with Crippen LogP contribution in [0.25, 0.3) is 0 Å². The van der Waals surface area contributed by atoms with Crippen LogP contribution in [0.5, 0.6) is 0 Å². The molecule has 0 heterocycles. The highest BCUT2D eigenvalue weighted by molar-refractivity contribution is 7.89. The Morgan fingerprint density at radius 2 is 2.06 bits per heavy atom. The summed E-state index contributed by atoms with van der Waals surface area (Å²) in [5, 5.41) is 0. The van der Waals surface area contributed by atoms with Crippen LogP contribution in [0.4, 0.5) is 8.78 Å². The zero-order valence-corrected chi connectivity index (χ0v) is 10.1. The molecule has 0 aliphatic heterocycles. The maximum atomic E-state index is 13.3. The van der Waals surface area contributed by atoms with Crippen LogP contribution in [-0.2, 0) is 10.0 Å². The van der Waals surface area contributed by atoms with E-state index in [2.05, 4.69) is 4.72 Å². The predicted molar refractivity (Wildman–Crippen MR) is 59.8 cm³/mol. The molecule has 0 radical (unpaired) electrons. The van der Waals surface area contributed by atoms with E-state index in [9.17, 15) is 17.2 Å². The van der Waals surface area contributed by atoms with E-state index in [-0.39, 0.29) is 12.6 Å². The van der Waals surface area contributed by atoms with Crippen molar-refractivity contribution in [3.63, 3.8) is 0 Å². The van der Waals surface area contributed by atoms with Crippen LogP contribution in [0, 0.1) is 11.6 Å². The fraction of sp³-hybridized carbons (Fsp3) is 0.400. The summed E-state index contributed by atoms with van der Waals surface area (Å²) in [6.45, 7) is 1.80. The Kier molecular flexibility index (Phi) is 4.55. The number of nitrogens with two attached hydrogens (primary N) is 1. The minimum Gasteiger partial charge on any atom is -0.328 e. The molecule has 1 aromatic carbocycles. The summed E-state index contributed by atoms with van der Waals surface area (Å²) in [6.07, 6.45) is 0.413. The summed E-state index contributed by atoms with van der Waals surface area (Å²) >= 11 is 0. The maximum absolute atomic E-state index is 13.3. The Labute approximate surface area is 98.9 Å². The number of hydrogen-bond donors (Lipinski definition) is 2. The van der Waals surface area contributed by atoms with Gasteiger partial charge in [0.1, 0.15) is 4.90 Å². The molecule has 1 atom stereocenters. The van der Waals surface area contributed by atoms with Gasteiger partial charge in [-0.05, 0) is 25.5 Å². The highest BCUT2D eigenvalue weighted by Gasteiger charge is 2.20. The molecule has 0 amide bonds. The van der Waals surface area contributed by atoms with Crippen LogP contribution in [0.3, 0.4) is 0 Å². The third kappa shape index (κ3) is 3.72. The molecule has 1 unspecified atom stereocenters. The molecule has 3 N–H and O–H groups in total. The standard InChI is InChI=1S/C10H14F2N2O2S/c1-7(13)5-6-14-17(15,16)9-4-2-3-8(11)10(9)12/h2-4,7,14H,5-6,13H2,1H3. The predicted octanol–water partition coefficient (Wildman–Crippen LogP) is 0.980. The van der Waals surface area contributed by atoms with Crippen molar-refractivity contribution in [3.05, 3.63) is 29.8 Å². The molecule has 0 saturated heterocycles. The van der Waals surface area contributed by atoms with Gasteiger partial charge in [0.25, 0.3) is 0 Å². The van der Waals surface area contributed by atoms with Gasteiger partial charge in [-0.2, -0.15) is 0 Å². The lowest BCUT2D eigenvalue weighted by Crippen LogP contribution is -2.29. The summed E-state index contributed by atoms with van der Waals surface area (Å²) in [4.78, 5) is -0.692. The third-order valence-electron chi connectivity index (χ3n) is 2.10. The molecule has 1 rings (SSSR count). The number of benzene rings is 1. The van der Waals surface area contributed by atoms with Gasteiger partial charge in [-0.15, -0.1) is 0 Å². The zero-order valence-electron chi connectivity index (χ0n) is 9.28. The van der Waals surface area contributed by atoms with Gasteiger partial charge in [0.05, 0.1) is 0 Å². The lowest BCUT2D eigenvalue weighted by Gasteiger charge is -2.09. The molecular weight excluding hydrogens is 250 g/mol. The van der Waals surface area contributed by atoms with Crippen LogP contribution in [0.2, 0.25) is 0 Å². The van der Waals surface area contributed by atoms with E-state index >= 15 is 0 Å². The third-order valence-corrected chi connectivity index (χ3v) is 3.58. The molecule has 0 saturated carbocycles. The molecule has 0 aromatic heterocycles. The summed E-state index contributed by atoms with van der Waals surface area (Å²) in [5.41, 5.74) is 5.45. The maximum Gasteiger partial charge on any atom is 0.243 e. The summed E-state index contributed by atoms with van der Waals surface area (Å²) < 4.78 is 51.6. The summed E-state index contributed by atoms with van der Waals surface area (Å²) in [7, 11) is -4.03. The van der Waals surface area contributed by atoms with Gasteiger partial charge in [0.15, 0.2) is 11.6 Å². The molecule has 96 valence electrons. The van der Waals surface area contributed by atoms with Crippen molar-refractivity contribution >= 4 is 10.0 Å². The zero-order chi connectivity index (χ0) is 13.1. The van der Waals surface area contributed by atoms with Crippen LogP contribution in [0.15, 0.2) is 23.1 Å². The van der Waals surface area contributed by atoms with Crippen molar-refractivity contribution in [2.24, 2.45) is 5.73 Å². The summed E-state index contributed by atoms with van der Waals surface area (Å²) in [6, 6.07) is 2.83. The van der Waals surface area contributed by atoms with E-state index in [0.717, 1.165) is 18.2 Å². The molecule has 1 aromatic rings. The smallest absolute Gasteiger partial charge is 0.243 e. The topological polar surface area (TPSA) is 72.2 Å². The van der Waals surface area contributed by atoms with Gasteiger partial charge in [0, 0.05) is 12.6 Å². The quantitative estimate of drug-likeness (QED) is 0.832. The van der Waals surface area contributed by atoms with Crippen molar-refractivity contribution in [2.75, 3.05) is 6.54 Å². The molecule has 0 fully saturated rings. The second-order valence-electron chi connectivity index (χ2n) is 3.72. The van der Waals surface area contributed by atoms with Crippen LogP contribution >= 0.6 is 0 Å². The second-order valence-corrected chi connectivity index (χ2v) is 5.45. The lowest BCUT2D eigenvalue weighted by molar-refractivity contribution is 0.482. The van der Waals surface area contributed by atoms with Crippen molar-refractivity contribution in [1.29, 1.82) is 0 Å². The van der Waals surface area contributed by atoms with Crippen LogP contribution < -0.4 is 10.5 Å². The first-order chi connectivity index (χ1) is 7.84. The molecule has 4 nitrogen and oxygen atoms in total. The summed E-state index contributed by atoms with van der Waals surface area (Å²) in [5.74, 6) is -2.57. The van der Waals surface area contributed by atoms with E-state index < -0.39 is 26.6 Å². The van der Waals surface area contributed by atoms with E-state index in [4.69, 9.17) is 5.73 Å². The monoisotopic (exact) mass is 264 g/mol. The van der Waals surface area contributed by atoms with Gasteiger partial charge < -0.3 is 5.73 Å². The van der Waals surface area contributed by atoms with Gasteiger partial charge in [-0.25, -0.2) is 21.9 Å². The number of halogens is 2. The molecule has 0 bridgehead atoms. The fourth-order valence-corrected chi connectivity index (χ4v) is 2.32. The second kappa shape index (κ2) is 5.52. The number of nitrogens with one attached hydrogen (secondary N) is 1. The molecule has 0 aliphatic carbocycles. The Balaban J connectivity index is 2.87. The van der Waals surface area contributed by atoms with Gasteiger partial charge in [-0.1, -0.05) is 6.07 Å². The largest absolute Gasteiger partial charge is 0.328 e. The Bertz CT molecular complexity index is 489. The normalized spacial score (nSPS) is 13.6. The van der Waals surface area contributed by atoms with Gasteiger partial charge in [-0.3, -0.25) is 0 Å². The molecule has 0 spiro atoms. The lowest BCUT2D eigenvalue weighted by atomic mass is 10.3. The van der Waals surface area contributed by atoms with Gasteiger partial charge in [0.2, 0.25) is 10.0 Å². The van der Waals surface area contributed by atoms with E-state index in [0.29, 0.717) is 6.42 Å². The van der Waals surface area contributed by atoms with Gasteiger partial charge >= 0.3 is 0 Å². The Hall–Kier alpha value is -1.05. The fourth-order valence-electron chi connectivity index (χ4n) is 1.19. The Morgan fingerprint density at radius 1 is 1.41 bits per heavy atom. The Morgan fingerprint density at radius 3 is 2.65 bits per heavy atom. The highest BCUT2D eigenvalue weighted by Crippen LogP contribution is 2.16. The van der Waals surface area contributed by atoms with E-state index in [1.807, 2.05) is 0 Å². The molecule has 0 aliphatic rings. The average Bonchev–Trinajstić information content (AvgIpc) is 2.21. The molecular formula is C10H14F2N2O2S. The SMILES string of the molecule is CC(N)CCNS(=O)(=O)c1cccc(F)c1F. The van der Waals surface area contributed by atoms with Crippen LogP contribution in [-0.4, -0.2) is 21.0 Å². The van der Waals surface area contributed by atoms with Crippen molar-refractivity contribution in [2.45, 2.75) is 24.3 Å². The van der Waals surface area contributed by atoms with Crippen LogP contribution in [0.1, 0.15) is 13.3 Å². The number of hydrogen-bond acceptors (Lipinski definition) is 3. The minimum absolute atomic E-state index is 0.0793. The van der Waals surface area contributed by atoms with Crippen molar-refractivity contribution < 1.29 is 17.2 Å². The number of rotatable bonds is 5. The first-order valence-electron chi connectivity index (χ1n) is 5.04. The highest BCUT2D eigenvalue weighted by atomic mass is 32.2. The molecule has 17 heavy (non-hydrogen) atoms. The van der Waals surface area contributed by atoms with E-state index in [1.165, 1.54) is 0 Å². The number of sulfonamides is 1. The van der Waals surface area contributed by atoms with Crippen molar-refractivity contribution in [3.8, 4) is 0 Å². The first kappa shape index (κ1) is 14.0. The minimum atomic E-state index is -4.03. The first-order valence-corrected chi connectivity index (χ1v) is 6.52. The molecule has 7 heteroatoms. The van der Waals surface area contributed by atoms with E-state index in [1.54, 1.807) is 6.92 Å². The van der Waals surface area contributed by atoms with Crippen molar-refractivity contribution in [1.82, 2.24) is 4.72 Å².